The molecule has 1 aliphatic heterocycles. The van der Waals surface area contributed by atoms with Crippen molar-refractivity contribution in [1.29, 1.82) is 0 Å². The number of imidazole rings is 1. The van der Waals surface area contributed by atoms with Crippen molar-refractivity contribution in [3.63, 3.8) is 0 Å². The van der Waals surface area contributed by atoms with Crippen molar-refractivity contribution < 1.29 is 14.3 Å². The summed E-state index contributed by atoms with van der Waals surface area (Å²) in [6, 6.07) is 16.6. The highest BCUT2D eigenvalue weighted by molar-refractivity contribution is 5.93. The van der Waals surface area contributed by atoms with Crippen molar-refractivity contribution in [2.24, 2.45) is 0 Å². The van der Waals surface area contributed by atoms with E-state index in [4.69, 9.17) is 4.74 Å². The summed E-state index contributed by atoms with van der Waals surface area (Å²) in [6.45, 7) is 4.55. The van der Waals surface area contributed by atoms with Gasteiger partial charge in [0.05, 0.1) is 18.1 Å². The molecule has 1 aliphatic rings. The third-order valence-corrected chi connectivity index (χ3v) is 6.08. The van der Waals surface area contributed by atoms with E-state index in [1.54, 1.807) is 18.6 Å². The molecule has 1 fully saturated rings. The molecule has 0 spiro atoms. The lowest BCUT2D eigenvalue weighted by atomic mass is 10.1. The van der Waals surface area contributed by atoms with Gasteiger partial charge in [-0.15, -0.1) is 0 Å². The molecular formula is C25H30N4O3. The van der Waals surface area contributed by atoms with E-state index in [1.807, 2.05) is 41.3 Å². The Morgan fingerprint density at radius 1 is 1.00 bits per heavy atom. The summed E-state index contributed by atoms with van der Waals surface area (Å²) < 4.78 is 7.03. The van der Waals surface area contributed by atoms with Gasteiger partial charge >= 0.3 is 6.01 Å². The molecule has 1 saturated heterocycles. The van der Waals surface area contributed by atoms with Crippen LogP contribution in [0.4, 0.5) is 5.69 Å². The number of anilines is 1. The standard InChI is InChI=1S/C25H30N4O3/c1-19(30)27-14-16-28(17-15-27)21-12-13-22-23(18-21)29(25(26-22)32-2)24(31)11-7-6-10-20-8-4-3-5-9-20/h3-5,8-9,12-13,18H,6-7,10-11,14-17H2,1-2H3. The normalized spacial score (nSPS) is 14.1. The Labute approximate surface area is 188 Å². The number of hydrogen-bond donors (Lipinski definition) is 0. The van der Waals surface area contributed by atoms with Gasteiger partial charge in [-0.05, 0) is 43.0 Å². The fraction of sp³-hybridized carbons (Fsp3) is 0.400. The highest BCUT2D eigenvalue weighted by Crippen LogP contribution is 2.27. The maximum absolute atomic E-state index is 13.1. The molecule has 4 rings (SSSR count). The van der Waals surface area contributed by atoms with E-state index >= 15 is 0 Å². The molecule has 7 heteroatoms. The van der Waals surface area contributed by atoms with Crippen molar-refractivity contribution in [2.75, 3.05) is 38.2 Å². The second kappa shape index (κ2) is 9.85. The fourth-order valence-corrected chi connectivity index (χ4v) is 4.26. The molecule has 1 amide bonds. The molecule has 3 aromatic rings. The zero-order valence-electron chi connectivity index (χ0n) is 18.8. The van der Waals surface area contributed by atoms with E-state index in [9.17, 15) is 9.59 Å². The van der Waals surface area contributed by atoms with Crippen LogP contribution in [-0.4, -0.2) is 59.6 Å². The van der Waals surface area contributed by atoms with Gasteiger partial charge in [0.25, 0.3) is 0 Å². The number of nitrogens with zero attached hydrogens (tertiary/aromatic N) is 4. The van der Waals surface area contributed by atoms with E-state index in [0.29, 0.717) is 25.5 Å². The number of piperazine rings is 1. The minimum atomic E-state index is -0.00374. The van der Waals surface area contributed by atoms with E-state index in [0.717, 1.165) is 49.1 Å². The lowest BCUT2D eigenvalue weighted by Crippen LogP contribution is -2.48. The van der Waals surface area contributed by atoms with Crippen LogP contribution >= 0.6 is 0 Å². The summed E-state index contributed by atoms with van der Waals surface area (Å²) >= 11 is 0. The number of amides is 1. The Morgan fingerprint density at radius 2 is 1.75 bits per heavy atom. The van der Waals surface area contributed by atoms with Gasteiger partial charge in [-0.2, -0.15) is 4.98 Å². The number of methoxy groups -OCH3 is 1. The van der Waals surface area contributed by atoms with Crippen LogP contribution in [0.15, 0.2) is 48.5 Å². The number of carbonyl (C=O) groups excluding carboxylic acids is 2. The summed E-state index contributed by atoms with van der Waals surface area (Å²) in [5, 5.41) is 0. The first-order valence-corrected chi connectivity index (χ1v) is 11.2. The molecule has 0 saturated carbocycles. The van der Waals surface area contributed by atoms with E-state index in [-0.39, 0.29) is 11.8 Å². The van der Waals surface area contributed by atoms with Crippen LogP contribution in [0.2, 0.25) is 0 Å². The minimum absolute atomic E-state index is 0.00374. The molecule has 0 aliphatic carbocycles. The number of hydrogen-bond acceptors (Lipinski definition) is 5. The third kappa shape index (κ3) is 4.77. The maximum Gasteiger partial charge on any atom is 0.304 e. The highest BCUT2D eigenvalue weighted by atomic mass is 16.5. The lowest BCUT2D eigenvalue weighted by Gasteiger charge is -2.35. The number of ether oxygens (including phenoxy) is 1. The molecule has 0 N–H and O–H groups in total. The molecule has 2 heterocycles. The number of unbranched alkanes of at least 4 members (excludes halogenated alkanes) is 1. The molecule has 1 aromatic heterocycles. The molecule has 0 bridgehead atoms. The Bertz CT molecular complexity index is 1090. The maximum atomic E-state index is 13.1. The number of carbonyl (C=O) groups is 2. The first-order valence-electron chi connectivity index (χ1n) is 11.2. The third-order valence-electron chi connectivity index (χ3n) is 6.08. The van der Waals surface area contributed by atoms with Crippen molar-refractivity contribution >= 4 is 28.5 Å². The van der Waals surface area contributed by atoms with Gasteiger partial charge in [0, 0.05) is 45.2 Å². The predicted molar refractivity (Wildman–Crippen MR) is 125 cm³/mol. The number of fused-ring (bicyclic) bond motifs is 1. The molecule has 0 atom stereocenters. The number of aromatic nitrogens is 2. The quantitative estimate of drug-likeness (QED) is 0.530. The molecule has 7 nitrogen and oxygen atoms in total. The number of rotatable bonds is 7. The van der Waals surface area contributed by atoms with Gasteiger partial charge < -0.3 is 14.5 Å². The van der Waals surface area contributed by atoms with Crippen LogP contribution in [0.25, 0.3) is 11.0 Å². The Hall–Kier alpha value is -3.35. The van der Waals surface area contributed by atoms with Gasteiger partial charge in [-0.1, -0.05) is 30.3 Å². The first kappa shape index (κ1) is 21.9. The van der Waals surface area contributed by atoms with Crippen LogP contribution in [-0.2, 0) is 11.2 Å². The Balaban J connectivity index is 1.47. The average molecular weight is 435 g/mol. The number of aryl methyl sites for hydroxylation is 1. The fourth-order valence-electron chi connectivity index (χ4n) is 4.26. The van der Waals surface area contributed by atoms with E-state index < -0.39 is 0 Å². The van der Waals surface area contributed by atoms with Crippen molar-refractivity contribution in [3.8, 4) is 6.01 Å². The monoisotopic (exact) mass is 434 g/mol. The predicted octanol–water partition coefficient (Wildman–Crippen LogP) is 3.77. The van der Waals surface area contributed by atoms with Gasteiger partial charge in [0.1, 0.15) is 0 Å². The molecule has 0 radical (unpaired) electrons. The SMILES string of the molecule is COc1nc2ccc(N3CCN(C(C)=O)CC3)cc2n1C(=O)CCCCc1ccccc1. The summed E-state index contributed by atoms with van der Waals surface area (Å²) in [5.74, 6) is 0.108. The van der Waals surface area contributed by atoms with Gasteiger partial charge in [-0.3, -0.25) is 9.59 Å². The van der Waals surface area contributed by atoms with Crippen molar-refractivity contribution in [1.82, 2.24) is 14.5 Å². The van der Waals surface area contributed by atoms with E-state index in [1.165, 1.54) is 5.56 Å². The van der Waals surface area contributed by atoms with Crippen molar-refractivity contribution in [2.45, 2.75) is 32.6 Å². The smallest absolute Gasteiger partial charge is 0.304 e. The molecule has 0 unspecified atom stereocenters. The summed E-state index contributed by atoms with van der Waals surface area (Å²) in [7, 11) is 1.54. The summed E-state index contributed by atoms with van der Waals surface area (Å²) in [5.41, 5.74) is 3.83. The van der Waals surface area contributed by atoms with Crippen LogP contribution in [0.3, 0.4) is 0 Å². The zero-order chi connectivity index (χ0) is 22.5. The second-order valence-electron chi connectivity index (χ2n) is 8.19. The van der Waals surface area contributed by atoms with Crippen LogP contribution in [0, 0.1) is 0 Å². The average Bonchev–Trinajstić information content (AvgIpc) is 3.20. The second-order valence-corrected chi connectivity index (χ2v) is 8.19. The van der Waals surface area contributed by atoms with Crippen LogP contribution in [0.5, 0.6) is 6.01 Å². The first-order chi connectivity index (χ1) is 15.6. The summed E-state index contributed by atoms with van der Waals surface area (Å²) in [6.07, 6.45) is 3.17. The zero-order valence-corrected chi connectivity index (χ0v) is 18.8. The van der Waals surface area contributed by atoms with Crippen LogP contribution < -0.4 is 9.64 Å². The topological polar surface area (TPSA) is 67.7 Å². The molecule has 168 valence electrons. The number of benzene rings is 2. The van der Waals surface area contributed by atoms with E-state index in [2.05, 4.69) is 22.0 Å². The lowest BCUT2D eigenvalue weighted by molar-refractivity contribution is -0.129. The van der Waals surface area contributed by atoms with Crippen LogP contribution in [0.1, 0.15) is 36.5 Å². The van der Waals surface area contributed by atoms with Crippen molar-refractivity contribution in [3.05, 3.63) is 54.1 Å². The largest absolute Gasteiger partial charge is 0.468 e. The Morgan fingerprint density at radius 3 is 2.44 bits per heavy atom. The molecular weight excluding hydrogens is 404 g/mol. The molecule has 32 heavy (non-hydrogen) atoms. The van der Waals surface area contributed by atoms with Gasteiger partial charge in [0.2, 0.25) is 11.8 Å². The van der Waals surface area contributed by atoms with Gasteiger partial charge in [0.15, 0.2) is 0 Å². The molecule has 2 aromatic carbocycles. The Kier molecular flexibility index (Phi) is 6.73. The summed E-state index contributed by atoms with van der Waals surface area (Å²) in [4.78, 5) is 33.3. The van der Waals surface area contributed by atoms with Gasteiger partial charge in [-0.25, -0.2) is 4.57 Å². The minimum Gasteiger partial charge on any atom is -0.468 e. The highest BCUT2D eigenvalue weighted by Gasteiger charge is 2.22.